The molecule has 2 aromatic heterocycles. The van der Waals surface area contributed by atoms with Crippen LogP contribution in [0.1, 0.15) is 17.7 Å². The second-order valence-electron chi connectivity index (χ2n) is 7.04. The highest BCUT2D eigenvalue weighted by Gasteiger charge is 2.21. The van der Waals surface area contributed by atoms with Crippen molar-refractivity contribution in [2.75, 3.05) is 18.5 Å². The maximum absolute atomic E-state index is 5.62. The van der Waals surface area contributed by atoms with Gasteiger partial charge in [0, 0.05) is 24.8 Å². The molecular formula is C21H23N7O2. The molecule has 0 radical (unpaired) electrons. The molecule has 2 aliphatic rings. The summed E-state index contributed by atoms with van der Waals surface area (Å²) in [5.74, 6) is 2.58. The number of furan rings is 1. The Balaban J connectivity index is 1.30. The molecule has 2 aliphatic heterocycles. The van der Waals surface area contributed by atoms with Crippen LogP contribution in [-0.4, -0.2) is 27.6 Å². The standard InChI is InChI=1S/C21H23N7O2/c1-2-5-17(6-3-1)30-26-27-10-8-16(9-11-27)19-14-23-21(28-15-24-25-20(19)28)22-13-18-7-4-12-29-18/h1-8,12,14,24-26H,9-11,13,15H2. The van der Waals surface area contributed by atoms with Gasteiger partial charge in [-0.1, -0.05) is 29.9 Å². The van der Waals surface area contributed by atoms with Crippen molar-refractivity contribution in [1.29, 1.82) is 0 Å². The van der Waals surface area contributed by atoms with Gasteiger partial charge in [0.15, 0.2) is 0 Å². The minimum absolute atomic E-state index is 0.462. The average Bonchev–Trinajstić information content (AvgIpc) is 3.50. The number of hydrazine groups is 2. The van der Waals surface area contributed by atoms with Crippen LogP contribution in [0, 0.1) is 0 Å². The second-order valence-corrected chi connectivity index (χ2v) is 7.04. The van der Waals surface area contributed by atoms with E-state index < -0.39 is 0 Å². The van der Waals surface area contributed by atoms with Crippen LogP contribution in [0.15, 0.2) is 70.4 Å². The van der Waals surface area contributed by atoms with Crippen LogP contribution in [-0.2, 0) is 13.2 Å². The Labute approximate surface area is 173 Å². The number of fused-ring (bicyclic) bond motifs is 1. The van der Waals surface area contributed by atoms with Crippen molar-refractivity contribution < 1.29 is 9.25 Å². The van der Waals surface area contributed by atoms with Crippen LogP contribution in [0.5, 0.6) is 5.75 Å². The van der Waals surface area contributed by atoms with Crippen molar-refractivity contribution in [2.24, 2.45) is 4.99 Å². The fourth-order valence-electron chi connectivity index (χ4n) is 3.50. The zero-order chi connectivity index (χ0) is 20.2. The molecule has 0 atom stereocenters. The van der Waals surface area contributed by atoms with E-state index in [0.29, 0.717) is 18.8 Å². The molecule has 0 saturated carbocycles. The monoisotopic (exact) mass is 405 g/mol. The van der Waals surface area contributed by atoms with Crippen molar-refractivity contribution >= 4 is 11.4 Å². The first-order chi connectivity index (χ1) is 14.9. The number of nitrogens with one attached hydrogen (secondary N) is 3. The normalized spacial score (nSPS) is 16.8. The van der Waals surface area contributed by atoms with Gasteiger partial charge in [-0.15, -0.1) is 0 Å². The largest absolute Gasteiger partial charge is 0.467 e. The second kappa shape index (κ2) is 8.54. The van der Waals surface area contributed by atoms with Crippen LogP contribution in [0.4, 0.5) is 5.82 Å². The third-order valence-electron chi connectivity index (χ3n) is 5.07. The number of hydrogen-bond acceptors (Lipinski definition) is 8. The predicted molar refractivity (Wildman–Crippen MR) is 111 cm³/mol. The lowest BCUT2D eigenvalue weighted by Crippen LogP contribution is -2.42. The highest BCUT2D eigenvalue weighted by Crippen LogP contribution is 2.27. The zero-order valence-corrected chi connectivity index (χ0v) is 16.4. The van der Waals surface area contributed by atoms with Crippen LogP contribution in [0.2, 0.25) is 0 Å². The summed E-state index contributed by atoms with van der Waals surface area (Å²) < 4.78 is 7.40. The van der Waals surface area contributed by atoms with Crippen molar-refractivity contribution in [3.8, 4) is 5.75 Å². The quantitative estimate of drug-likeness (QED) is 0.541. The molecule has 0 saturated heterocycles. The molecule has 0 bridgehead atoms. The summed E-state index contributed by atoms with van der Waals surface area (Å²) in [6, 6.07) is 13.5. The summed E-state index contributed by atoms with van der Waals surface area (Å²) in [5.41, 5.74) is 12.4. The molecule has 4 heterocycles. The highest BCUT2D eigenvalue weighted by atomic mass is 16.7. The summed E-state index contributed by atoms with van der Waals surface area (Å²) >= 11 is 0. The molecule has 0 spiro atoms. The Bertz CT molecular complexity index is 1090. The lowest BCUT2D eigenvalue weighted by molar-refractivity contribution is 0.0111. The summed E-state index contributed by atoms with van der Waals surface area (Å²) in [6.07, 6.45) is 6.62. The van der Waals surface area contributed by atoms with Gasteiger partial charge in [0.1, 0.15) is 23.9 Å². The lowest BCUT2D eigenvalue weighted by Gasteiger charge is -2.26. The Morgan fingerprint density at radius 2 is 2.13 bits per heavy atom. The van der Waals surface area contributed by atoms with Gasteiger partial charge >= 0.3 is 0 Å². The molecule has 154 valence electrons. The zero-order valence-electron chi connectivity index (χ0n) is 16.4. The van der Waals surface area contributed by atoms with Gasteiger partial charge in [0.25, 0.3) is 0 Å². The molecular weight excluding hydrogens is 382 g/mol. The first-order valence-electron chi connectivity index (χ1n) is 9.90. The first-order valence-corrected chi connectivity index (χ1v) is 9.90. The average molecular weight is 405 g/mol. The van der Waals surface area contributed by atoms with Gasteiger partial charge in [-0.2, -0.15) is 0 Å². The Kier molecular flexibility index (Phi) is 5.30. The van der Waals surface area contributed by atoms with Crippen LogP contribution < -0.4 is 26.9 Å². The third kappa shape index (κ3) is 3.99. The van der Waals surface area contributed by atoms with E-state index in [1.54, 1.807) is 6.26 Å². The van der Waals surface area contributed by atoms with Crippen molar-refractivity contribution in [3.05, 3.63) is 77.9 Å². The molecule has 0 aliphatic carbocycles. The Morgan fingerprint density at radius 1 is 1.20 bits per heavy atom. The number of benzene rings is 1. The van der Waals surface area contributed by atoms with Crippen LogP contribution in [0.25, 0.3) is 5.57 Å². The van der Waals surface area contributed by atoms with Crippen molar-refractivity contribution in [2.45, 2.75) is 19.6 Å². The van der Waals surface area contributed by atoms with Crippen molar-refractivity contribution in [3.63, 3.8) is 0 Å². The molecule has 9 nitrogen and oxygen atoms in total. The van der Waals surface area contributed by atoms with Gasteiger partial charge in [-0.3, -0.25) is 4.57 Å². The van der Waals surface area contributed by atoms with E-state index in [0.717, 1.165) is 42.4 Å². The number of aromatic nitrogens is 2. The van der Waals surface area contributed by atoms with E-state index in [4.69, 9.17) is 9.25 Å². The van der Waals surface area contributed by atoms with E-state index >= 15 is 0 Å². The molecule has 0 fully saturated rings. The van der Waals surface area contributed by atoms with E-state index in [1.807, 2.05) is 58.2 Å². The predicted octanol–water partition coefficient (Wildman–Crippen LogP) is 2.05. The molecule has 3 aromatic rings. The molecule has 0 amide bonds. The maximum atomic E-state index is 5.62. The van der Waals surface area contributed by atoms with Crippen molar-refractivity contribution in [1.82, 2.24) is 25.6 Å². The van der Waals surface area contributed by atoms with Gasteiger partial charge in [-0.25, -0.2) is 20.4 Å². The van der Waals surface area contributed by atoms with Crippen LogP contribution >= 0.6 is 0 Å². The lowest BCUT2D eigenvalue weighted by atomic mass is 10.0. The minimum Gasteiger partial charge on any atom is -0.467 e. The molecule has 3 N–H and O–H groups in total. The smallest absolute Gasteiger partial charge is 0.227 e. The minimum atomic E-state index is 0.462. The highest BCUT2D eigenvalue weighted by molar-refractivity contribution is 5.74. The number of para-hydroxylation sites is 1. The fourth-order valence-corrected chi connectivity index (χ4v) is 3.50. The summed E-state index contributed by atoms with van der Waals surface area (Å²) in [4.78, 5) is 14.8. The Morgan fingerprint density at radius 3 is 2.93 bits per heavy atom. The SMILES string of the molecule is C1=C(c2cnc(=NCc3ccco3)n3c2NNC3)CCN(NOc2ccccc2)C1. The summed E-state index contributed by atoms with van der Waals surface area (Å²) in [7, 11) is 0. The van der Waals surface area contributed by atoms with E-state index in [2.05, 4.69) is 32.5 Å². The molecule has 1 aromatic carbocycles. The topological polar surface area (TPSA) is 91.9 Å². The molecule has 30 heavy (non-hydrogen) atoms. The molecule has 0 unspecified atom stereocenters. The van der Waals surface area contributed by atoms with E-state index in [1.165, 1.54) is 5.57 Å². The number of nitrogens with zero attached hydrogens (tertiary/aromatic N) is 4. The summed E-state index contributed by atoms with van der Waals surface area (Å²) in [6.45, 7) is 2.64. The van der Waals surface area contributed by atoms with E-state index in [9.17, 15) is 0 Å². The molecule has 9 heteroatoms. The third-order valence-corrected chi connectivity index (χ3v) is 5.07. The van der Waals surface area contributed by atoms with Gasteiger partial charge in [-0.05, 0) is 36.3 Å². The number of rotatable bonds is 6. The number of anilines is 1. The first kappa shape index (κ1) is 18.6. The molecule has 5 rings (SSSR count). The van der Waals surface area contributed by atoms with Gasteiger partial charge in [0.05, 0.1) is 12.9 Å². The van der Waals surface area contributed by atoms with Gasteiger partial charge in [0.2, 0.25) is 5.62 Å². The van der Waals surface area contributed by atoms with Gasteiger partial charge < -0.3 is 14.7 Å². The number of hydrogen-bond donors (Lipinski definition) is 3. The van der Waals surface area contributed by atoms with Crippen LogP contribution in [0.3, 0.4) is 0 Å². The Hall–Kier alpha value is -3.40. The maximum Gasteiger partial charge on any atom is 0.227 e. The fraction of sp³-hybridized carbons (Fsp3) is 0.238. The summed E-state index contributed by atoms with van der Waals surface area (Å²) in [5, 5.41) is 2.04. The van der Waals surface area contributed by atoms with E-state index in [-0.39, 0.29) is 0 Å².